The number of nitrogens with zero attached hydrogens (tertiary/aromatic N) is 5. The molecule has 2 heterocycles. The van der Waals surface area contributed by atoms with E-state index in [1.807, 2.05) is 42.1 Å². The summed E-state index contributed by atoms with van der Waals surface area (Å²) in [5, 5.41) is 0. The van der Waals surface area contributed by atoms with Gasteiger partial charge in [0.1, 0.15) is 5.82 Å². The molecule has 0 radical (unpaired) electrons. The maximum Gasteiger partial charge on any atom is 0.236 e. The van der Waals surface area contributed by atoms with Gasteiger partial charge in [-0.3, -0.25) is 4.79 Å². The van der Waals surface area contributed by atoms with Gasteiger partial charge in [-0.2, -0.15) is 0 Å². The topological polar surface area (TPSA) is 44.6 Å². The van der Waals surface area contributed by atoms with Crippen LogP contribution in [0.2, 0.25) is 0 Å². The Balaban J connectivity index is 1.52. The second-order valence-corrected chi connectivity index (χ2v) is 7.64. The fourth-order valence-corrected chi connectivity index (χ4v) is 3.83. The van der Waals surface area contributed by atoms with Gasteiger partial charge in [0.05, 0.1) is 17.6 Å². The van der Waals surface area contributed by atoms with Crippen molar-refractivity contribution in [3.05, 3.63) is 48.5 Å². The standard InChI is InChI=1S/C22H27N5O/c1-24(2)16-21(28)27-13-11-26(12-14-27)18-8-6-7-17(15-18)22-23-19-9-4-5-10-20(19)25(22)3/h4-10,15H,11-14,16H2,1-3H3. The third kappa shape index (κ3) is 3.60. The van der Waals surface area contributed by atoms with Crippen LogP contribution in [0.1, 0.15) is 0 Å². The Hall–Kier alpha value is -2.86. The van der Waals surface area contributed by atoms with Crippen LogP contribution in [-0.4, -0.2) is 72.1 Å². The first-order valence-corrected chi connectivity index (χ1v) is 9.72. The van der Waals surface area contributed by atoms with Crippen LogP contribution >= 0.6 is 0 Å². The monoisotopic (exact) mass is 377 g/mol. The third-order valence-corrected chi connectivity index (χ3v) is 5.34. The summed E-state index contributed by atoms with van der Waals surface area (Å²) < 4.78 is 2.15. The molecule has 1 saturated heterocycles. The number of hydrogen-bond donors (Lipinski definition) is 0. The fourth-order valence-electron chi connectivity index (χ4n) is 3.83. The molecule has 0 N–H and O–H groups in total. The number of carbonyl (C=O) groups excluding carboxylic acids is 1. The number of carbonyl (C=O) groups is 1. The van der Waals surface area contributed by atoms with Crippen molar-refractivity contribution in [1.82, 2.24) is 19.4 Å². The zero-order chi connectivity index (χ0) is 19.7. The zero-order valence-corrected chi connectivity index (χ0v) is 16.8. The van der Waals surface area contributed by atoms with E-state index in [9.17, 15) is 4.79 Å². The van der Waals surface area contributed by atoms with Crippen LogP contribution in [0.4, 0.5) is 5.69 Å². The van der Waals surface area contributed by atoms with E-state index >= 15 is 0 Å². The Kier molecular flexibility index (Phi) is 5.05. The molecular formula is C22H27N5O. The summed E-state index contributed by atoms with van der Waals surface area (Å²) in [6.07, 6.45) is 0. The van der Waals surface area contributed by atoms with Crippen LogP contribution in [0.5, 0.6) is 0 Å². The van der Waals surface area contributed by atoms with Gasteiger partial charge in [0.2, 0.25) is 5.91 Å². The average molecular weight is 377 g/mol. The molecule has 4 rings (SSSR count). The lowest BCUT2D eigenvalue weighted by Gasteiger charge is -2.36. The molecule has 146 valence electrons. The molecule has 1 aliphatic heterocycles. The van der Waals surface area contributed by atoms with E-state index in [1.165, 1.54) is 5.69 Å². The lowest BCUT2D eigenvalue weighted by atomic mass is 10.1. The molecule has 0 atom stereocenters. The van der Waals surface area contributed by atoms with Gasteiger partial charge in [-0.1, -0.05) is 24.3 Å². The van der Waals surface area contributed by atoms with E-state index in [-0.39, 0.29) is 5.91 Å². The first-order chi connectivity index (χ1) is 13.5. The van der Waals surface area contributed by atoms with E-state index in [2.05, 4.69) is 46.8 Å². The number of piperazine rings is 1. The predicted octanol–water partition coefficient (Wildman–Crippen LogP) is 2.45. The normalized spacial score (nSPS) is 14.9. The molecule has 1 fully saturated rings. The number of anilines is 1. The molecule has 0 unspecified atom stereocenters. The Morgan fingerprint density at radius 1 is 1.04 bits per heavy atom. The van der Waals surface area contributed by atoms with Crippen LogP contribution in [0, 0.1) is 0 Å². The predicted molar refractivity (Wildman–Crippen MR) is 113 cm³/mol. The molecule has 6 heteroatoms. The minimum Gasteiger partial charge on any atom is -0.368 e. The Morgan fingerprint density at radius 2 is 1.79 bits per heavy atom. The highest BCUT2D eigenvalue weighted by Crippen LogP contribution is 2.27. The number of amides is 1. The second kappa shape index (κ2) is 7.64. The van der Waals surface area contributed by atoms with Crippen molar-refractivity contribution in [3.8, 4) is 11.4 Å². The minimum absolute atomic E-state index is 0.207. The minimum atomic E-state index is 0.207. The molecule has 2 aromatic carbocycles. The Labute approximate surface area is 166 Å². The van der Waals surface area contributed by atoms with Crippen molar-refractivity contribution in [2.24, 2.45) is 7.05 Å². The van der Waals surface area contributed by atoms with Gasteiger partial charge in [0.25, 0.3) is 0 Å². The average Bonchev–Trinajstić information content (AvgIpc) is 3.05. The molecule has 0 aliphatic carbocycles. The van der Waals surface area contributed by atoms with Crippen molar-refractivity contribution >= 4 is 22.6 Å². The SMILES string of the molecule is CN(C)CC(=O)N1CCN(c2cccc(-c3nc4ccccc4n3C)c2)CC1. The summed E-state index contributed by atoms with van der Waals surface area (Å²) in [5.41, 5.74) is 4.45. The maximum atomic E-state index is 12.3. The van der Waals surface area contributed by atoms with E-state index in [4.69, 9.17) is 4.98 Å². The largest absolute Gasteiger partial charge is 0.368 e. The van der Waals surface area contributed by atoms with Crippen molar-refractivity contribution in [3.63, 3.8) is 0 Å². The summed E-state index contributed by atoms with van der Waals surface area (Å²) in [5.74, 6) is 1.18. The smallest absolute Gasteiger partial charge is 0.236 e. The number of aromatic nitrogens is 2. The molecule has 1 aliphatic rings. The summed E-state index contributed by atoms with van der Waals surface area (Å²) in [6.45, 7) is 3.71. The number of aryl methyl sites for hydroxylation is 1. The fraction of sp³-hybridized carbons (Fsp3) is 0.364. The molecule has 0 saturated carbocycles. The molecule has 0 bridgehead atoms. The summed E-state index contributed by atoms with van der Waals surface area (Å²) in [6, 6.07) is 16.8. The van der Waals surface area contributed by atoms with Gasteiger partial charge < -0.3 is 19.3 Å². The zero-order valence-electron chi connectivity index (χ0n) is 16.8. The van der Waals surface area contributed by atoms with Gasteiger partial charge >= 0.3 is 0 Å². The maximum absolute atomic E-state index is 12.3. The van der Waals surface area contributed by atoms with Gasteiger partial charge in [0.15, 0.2) is 0 Å². The lowest BCUT2D eigenvalue weighted by Crippen LogP contribution is -2.50. The first-order valence-electron chi connectivity index (χ1n) is 9.72. The number of hydrogen-bond acceptors (Lipinski definition) is 4. The van der Waals surface area contributed by atoms with Crippen LogP contribution in [-0.2, 0) is 11.8 Å². The molecule has 3 aromatic rings. The van der Waals surface area contributed by atoms with Gasteiger partial charge in [-0.05, 0) is 38.4 Å². The molecule has 1 amide bonds. The van der Waals surface area contributed by atoms with Crippen molar-refractivity contribution < 1.29 is 4.79 Å². The molecule has 0 spiro atoms. The van der Waals surface area contributed by atoms with Crippen LogP contribution < -0.4 is 4.90 Å². The molecular weight excluding hydrogens is 350 g/mol. The Bertz CT molecular complexity index is 986. The number of para-hydroxylation sites is 2. The van der Waals surface area contributed by atoms with Gasteiger partial charge in [-0.15, -0.1) is 0 Å². The number of imidazole rings is 1. The third-order valence-electron chi connectivity index (χ3n) is 5.34. The highest BCUT2D eigenvalue weighted by atomic mass is 16.2. The highest BCUT2D eigenvalue weighted by molar-refractivity contribution is 5.81. The first kappa shape index (κ1) is 18.5. The number of fused-ring (bicyclic) bond motifs is 1. The van der Waals surface area contributed by atoms with E-state index < -0.39 is 0 Å². The summed E-state index contributed by atoms with van der Waals surface area (Å²) in [4.78, 5) is 23.3. The van der Waals surface area contributed by atoms with E-state index in [0.717, 1.165) is 48.6 Å². The lowest BCUT2D eigenvalue weighted by molar-refractivity contribution is -0.132. The number of benzene rings is 2. The van der Waals surface area contributed by atoms with Crippen molar-refractivity contribution in [1.29, 1.82) is 0 Å². The van der Waals surface area contributed by atoms with E-state index in [1.54, 1.807) is 0 Å². The Morgan fingerprint density at radius 3 is 2.50 bits per heavy atom. The molecule has 1 aromatic heterocycles. The second-order valence-electron chi connectivity index (χ2n) is 7.64. The quantitative estimate of drug-likeness (QED) is 0.701. The summed E-state index contributed by atoms with van der Waals surface area (Å²) in [7, 11) is 5.92. The van der Waals surface area contributed by atoms with Crippen molar-refractivity contribution in [2.45, 2.75) is 0 Å². The van der Waals surface area contributed by atoms with Crippen LogP contribution in [0.25, 0.3) is 22.4 Å². The number of rotatable bonds is 4. The van der Waals surface area contributed by atoms with Crippen LogP contribution in [0.15, 0.2) is 48.5 Å². The number of likely N-dealkylation sites (N-methyl/N-ethyl adjacent to an activating group) is 1. The van der Waals surface area contributed by atoms with Crippen molar-refractivity contribution in [2.75, 3.05) is 51.7 Å². The highest BCUT2D eigenvalue weighted by Gasteiger charge is 2.22. The van der Waals surface area contributed by atoms with Crippen LogP contribution in [0.3, 0.4) is 0 Å². The van der Waals surface area contributed by atoms with Gasteiger partial charge in [-0.25, -0.2) is 4.98 Å². The van der Waals surface area contributed by atoms with Gasteiger partial charge in [0, 0.05) is 44.5 Å². The van der Waals surface area contributed by atoms with E-state index in [0.29, 0.717) is 6.54 Å². The summed E-state index contributed by atoms with van der Waals surface area (Å²) >= 11 is 0. The molecule has 28 heavy (non-hydrogen) atoms. The molecule has 6 nitrogen and oxygen atoms in total.